The summed E-state index contributed by atoms with van der Waals surface area (Å²) in [5.74, 6) is 0.147. The minimum atomic E-state index is -0.268. The van der Waals surface area contributed by atoms with Gasteiger partial charge in [-0.05, 0) is 25.5 Å². The number of aryl methyl sites for hydroxylation is 2. The first kappa shape index (κ1) is 17.5. The minimum absolute atomic E-state index is 0.268. The van der Waals surface area contributed by atoms with Crippen LogP contribution in [0.1, 0.15) is 22.5 Å². The zero-order valence-corrected chi connectivity index (χ0v) is 15.0. The monoisotopic (exact) mass is 378 g/mol. The van der Waals surface area contributed by atoms with Gasteiger partial charge in [-0.15, -0.1) is 0 Å². The molecule has 0 saturated carbocycles. The van der Waals surface area contributed by atoms with Gasteiger partial charge < -0.3 is 14.4 Å². The molecule has 130 valence electrons. The number of nitrogens with zero attached hydrogens (tertiary/aromatic N) is 3. The molecular formula is C17H16Cl2N4O2. The normalized spacial score (nSPS) is 10.8. The number of carbonyl (C=O) groups excluding carboxylic acids is 1. The number of nitrogens with one attached hydrogen (secondary N) is 1. The largest absolute Gasteiger partial charge is 0.360 e. The van der Waals surface area contributed by atoms with E-state index in [1.807, 2.05) is 10.8 Å². The molecule has 3 aromatic rings. The van der Waals surface area contributed by atoms with Crippen molar-refractivity contribution in [2.75, 3.05) is 6.54 Å². The van der Waals surface area contributed by atoms with Crippen LogP contribution >= 0.6 is 23.2 Å². The van der Waals surface area contributed by atoms with E-state index in [0.29, 0.717) is 39.2 Å². The number of aromatic nitrogens is 3. The molecule has 1 amide bonds. The Kier molecular flexibility index (Phi) is 5.40. The Labute approximate surface area is 154 Å². The number of carbonyl (C=O) groups is 1. The Morgan fingerprint density at radius 1 is 1.32 bits per heavy atom. The number of hydrogen-bond donors (Lipinski definition) is 1. The van der Waals surface area contributed by atoms with Crippen molar-refractivity contribution in [1.82, 2.24) is 20.0 Å². The lowest BCUT2D eigenvalue weighted by atomic mass is 10.1. The summed E-state index contributed by atoms with van der Waals surface area (Å²) in [4.78, 5) is 16.6. The van der Waals surface area contributed by atoms with E-state index in [0.717, 1.165) is 13.0 Å². The topological polar surface area (TPSA) is 73.0 Å². The summed E-state index contributed by atoms with van der Waals surface area (Å²) in [6.45, 7) is 2.96. The van der Waals surface area contributed by atoms with Crippen LogP contribution in [0.15, 0.2) is 41.4 Å². The zero-order chi connectivity index (χ0) is 17.8. The number of hydrogen-bond acceptors (Lipinski definition) is 4. The molecule has 8 heteroatoms. The number of halogens is 2. The van der Waals surface area contributed by atoms with Crippen molar-refractivity contribution < 1.29 is 9.32 Å². The summed E-state index contributed by atoms with van der Waals surface area (Å²) < 4.78 is 7.16. The molecule has 0 spiro atoms. The molecule has 1 aromatic carbocycles. The molecule has 0 radical (unpaired) electrons. The number of imidazole rings is 1. The molecule has 25 heavy (non-hydrogen) atoms. The van der Waals surface area contributed by atoms with Gasteiger partial charge in [0.15, 0.2) is 0 Å². The molecule has 0 bridgehead atoms. The molecule has 0 saturated heterocycles. The summed E-state index contributed by atoms with van der Waals surface area (Å²) >= 11 is 12.5. The van der Waals surface area contributed by atoms with E-state index in [1.54, 1.807) is 37.6 Å². The van der Waals surface area contributed by atoms with Crippen molar-refractivity contribution in [3.05, 3.63) is 58.3 Å². The lowest BCUT2D eigenvalue weighted by Crippen LogP contribution is -2.26. The van der Waals surface area contributed by atoms with E-state index in [1.165, 1.54) is 0 Å². The third kappa shape index (κ3) is 3.86. The van der Waals surface area contributed by atoms with Crippen LogP contribution in [0.25, 0.3) is 11.3 Å². The highest BCUT2D eigenvalue weighted by Crippen LogP contribution is 2.36. The Morgan fingerprint density at radius 2 is 2.08 bits per heavy atom. The van der Waals surface area contributed by atoms with Crippen LogP contribution in [0.4, 0.5) is 0 Å². The van der Waals surface area contributed by atoms with Crippen LogP contribution in [0.5, 0.6) is 0 Å². The Hall–Kier alpha value is -2.31. The second-order valence-corrected chi connectivity index (χ2v) is 6.28. The average Bonchev–Trinajstić information content (AvgIpc) is 3.21. The van der Waals surface area contributed by atoms with Crippen molar-refractivity contribution in [3.8, 4) is 11.3 Å². The van der Waals surface area contributed by atoms with Crippen molar-refractivity contribution in [1.29, 1.82) is 0 Å². The fourth-order valence-electron chi connectivity index (χ4n) is 2.51. The molecule has 3 rings (SSSR count). The first-order chi connectivity index (χ1) is 12.1. The van der Waals surface area contributed by atoms with Gasteiger partial charge >= 0.3 is 0 Å². The summed E-state index contributed by atoms with van der Waals surface area (Å²) in [6, 6.07) is 5.12. The van der Waals surface area contributed by atoms with Crippen LogP contribution in [0, 0.1) is 6.92 Å². The Morgan fingerprint density at radius 3 is 2.76 bits per heavy atom. The van der Waals surface area contributed by atoms with Gasteiger partial charge in [-0.2, -0.15) is 0 Å². The van der Waals surface area contributed by atoms with Crippen molar-refractivity contribution in [3.63, 3.8) is 0 Å². The van der Waals surface area contributed by atoms with Gasteiger partial charge in [-0.25, -0.2) is 4.98 Å². The SMILES string of the molecule is Cc1onc(-c2c(Cl)cccc2Cl)c1C(=O)NCCCn1ccnc1. The van der Waals surface area contributed by atoms with E-state index in [-0.39, 0.29) is 5.91 Å². The van der Waals surface area contributed by atoms with Crippen LogP contribution < -0.4 is 5.32 Å². The predicted molar refractivity (Wildman–Crippen MR) is 95.9 cm³/mol. The van der Waals surface area contributed by atoms with Gasteiger partial charge in [0.05, 0.1) is 16.4 Å². The molecule has 0 unspecified atom stereocenters. The Bertz CT molecular complexity index is 855. The second-order valence-electron chi connectivity index (χ2n) is 5.47. The van der Waals surface area contributed by atoms with Crippen molar-refractivity contribution >= 4 is 29.1 Å². The lowest BCUT2D eigenvalue weighted by molar-refractivity contribution is 0.0952. The first-order valence-corrected chi connectivity index (χ1v) is 8.48. The molecule has 2 aromatic heterocycles. The molecule has 6 nitrogen and oxygen atoms in total. The number of amides is 1. The lowest BCUT2D eigenvalue weighted by Gasteiger charge is -2.08. The van der Waals surface area contributed by atoms with Crippen LogP contribution in [-0.2, 0) is 6.54 Å². The smallest absolute Gasteiger partial charge is 0.257 e. The minimum Gasteiger partial charge on any atom is -0.360 e. The average molecular weight is 379 g/mol. The maximum atomic E-state index is 12.6. The van der Waals surface area contributed by atoms with Gasteiger partial charge in [0, 0.05) is 31.0 Å². The fraction of sp³-hybridized carbons (Fsp3) is 0.235. The maximum Gasteiger partial charge on any atom is 0.257 e. The molecule has 1 N–H and O–H groups in total. The van der Waals surface area contributed by atoms with Crippen LogP contribution in [-0.4, -0.2) is 27.2 Å². The summed E-state index contributed by atoms with van der Waals surface area (Å²) in [5.41, 5.74) is 1.18. The quantitative estimate of drug-likeness (QED) is 0.658. The summed E-state index contributed by atoms with van der Waals surface area (Å²) in [6.07, 6.45) is 6.11. The standard InChI is InChI=1S/C17H16Cl2N4O2/c1-11-14(17(24)21-6-3-8-23-9-7-20-10-23)16(22-25-11)15-12(18)4-2-5-13(15)19/h2,4-5,7,9-10H,3,6,8H2,1H3,(H,21,24). The van der Waals surface area contributed by atoms with Crippen LogP contribution in [0.3, 0.4) is 0 Å². The molecular weight excluding hydrogens is 363 g/mol. The van der Waals surface area contributed by atoms with Crippen molar-refractivity contribution in [2.45, 2.75) is 19.9 Å². The van der Waals surface area contributed by atoms with Gasteiger partial charge in [-0.1, -0.05) is 34.4 Å². The number of benzene rings is 1. The molecule has 2 heterocycles. The van der Waals surface area contributed by atoms with Crippen LogP contribution in [0.2, 0.25) is 10.0 Å². The summed E-state index contributed by atoms with van der Waals surface area (Å²) in [7, 11) is 0. The van der Waals surface area contributed by atoms with Gasteiger partial charge in [-0.3, -0.25) is 4.79 Å². The third-order valence-electron chi connectivity index (χ3n) is 3.73. The van der Waals surface area contributed by atoms with Gasteiger partial charge in [0.25, 0.3) is 5.91 Å². The predicted octanol–water partition coefficient (Wildman–Crippen LogP) is 3.97. The number of rotatable bonds is 6. The molecule has 0 aliphatic carbocycles. The molecule has 0 fully saturated rings. The Balaban J connectivity index is 1.74. The highest BCUT2D eigenvalue weighted by molar-refractivity contribution is 6.39. The van der Waals surface area contributed by atoms with E-state index in [9.17, 15) is 4.79 Å². The fourth-order valence-corrected chi connectivity index (χ4v) is 3.08. The first-order valence-electron chi connectivity index (χ1n) is 7.72. The highest BCUT2D eigenvalue weighted by atomic mass is 35.5. The zero-order valence-electron chi connectivity index (χ0n) is 13.5. The van der Waals surface area contributed by atoms with Gasteiger partial charge in [0.1, 0.15) is 17.0 Å². The van der Waals surface area contributed by atoms with E-state index in [4.69, 9.17) is 27.7 Å². The second kappa shape index (κ2) is 7.72. The highest BCUT2D eigenvalue weighted by Gasteiger charge is 2.24. The molecule has 0 atom stereocenters. The van der Waals surface area contributed by atoms with E-state index in [2.05, 4.69) is 15.5 Å². The van der Waals surface area contributed by atoms with E-state index >= 15 is 0 Å². The molecule has 0 aliphatic heterocycles. The summed E-state index contributed by atoms with van der Waals surface area (Å²) in [5, 5.41) is 7.68. The molecule has 0 aliphatic rings. The van der Waals surface area contributed by atoms with Crippen molar-refractivity contribution in [2.24, 2.45) is 0 Å². The maximum absolute atomic E-state index is 12.6. The van der Waals surface area contributed by atoms with E-state index < -0.39 is 0 Å². The third-order valence-corrected chi connectivity index (χ3v) is 4.36. The van der Waals surface area contributed by atoms with Gasteiger partial charge in [0.2, 0.25) is 0 Å².